The SMILES string of the molecule is N#CCCC[S@](=O)CC1CCCCC1. The van der Waals surface area contributed by atoms with Crippen LogP contribution >= 0.6 is 0 Å². The normalized spacial score (nSPS) is 20.2. The molecule has 0 aromatic heterocycles. The van der Waals surface area contributed by atoms with E-state index < -0.39 is 10.8 Å². The second kappa shape index (κ2) is 7.00. The Morgan fingerprint density at radius 3 is 2.64 bits per heavy atom. The monoisotopic (exact) mass is 213 g/mol. The highest BCUT2D eigenvalue weighted by Gasteiger charge is 2.15. The third kappa shape index (κ3) is 4.76. The first-order valence-electron chi connectivity index (χ1n) is 5.55. The Labute approximate surface area is 89.1 Å². The van der Waals surface area contributed by atoms with Crippen LogP contribution in [0.1, 0.15) is 44.9 Å². The van der Waals surface area contributed by atoms with Gasteiger partial charge in [-0.05, 0) is 25.2 Å². The lowest BCUT2D eigenvalue weighted by Crippen LogP contribution is -2.16. The first-order valence-corrected chi connectivity index (χ1v) is 7.03. The van der Waals surface area contributed by atoms with Gasteiger partial charge in [-0.1, -0.05) is 19.3 Å². The fourth-order valence-electron chi connectivity index (χ4n) is 2.01. The Morgan fingerprint density at radius 2 is 2.00 bits per heavy atom. The summed E-state index contributed by atoms with van der Waals surface area (Å²) in [6, 6.07) is 2.09. The van der Waals surface area contributed by atoms with E-state index in [0.717, 1.165) is 17.9 Å². The molecule has 14 heavy (non-hydrogen) atoms. The molecule has 0 aromatic rings. The van der Waals surface area contributed by atoms with E-state index in [9.17, 15) is 4.21 Å². The number of hydrogen-bond donors (Lipinski definition) is 0. The van der Waals surface area contributed by atoms with Crippen LogP contribution in [0.5, 0.6) is 0 Å². The molecular formula is C11H19NOS. The molecule has 1 fully saturated rings. The summed E-state index contributed by atoms with van der Waals surface area (Å²) in [5.74, 6) is 2.31. The summed E-state index contributed by atoms with van der Waals surface area (Å²) in [7, 11) is -0.670. The molecule has 2 nitrogen and oxygen atoms in total. The zero-order chi connectivity index (χ0) is 10.2. The van der Waals surface area contributed by atoms with Crippen molar-refractivity contribution in [3.63, 3.8) is 0 Å². The number of nitriles is 1. The molecule has 0 aliphatic heterocycles. The highest BCUT2D eigenvalue weighted by atomic mass is 32.2. The molecule has 0 amide bonds. The van der Waals surface area contributed by atoms with Gasteiger partial charge in [-0.15, -0.1) is 0 Å². The second-order valence-corrected chi connectivity index (χ2v) is 5.70. The molecule has 0 N–H and O–H groups in total. The van der Waals surface area contributed by atoms with Crippen LogP contribution in [0.2, 0.25) is 0 Å². The van der Waals surface area contributed by atoms with Crippen molar-refractivity contribution in [1.82, 2.24) is 0 Å². The first-order chi connectivity index (χ1) is 6.83. The zero-order valence-electron chi connectivity index (χ0n) is 8.71. The largest absolute Gasteiger partial charge is 0.260 e. The van der Waals surface area contributed by atoms with Gasteiger partial charge in [-0.3, -0.25) is 4.21 Å². The van der Waals surface area contributed by atoms with Gasteiger partial charge in [0.1, 0.15) is 0 Å². The molecule has 0 unspecified atom stereocenters. The smallest absolute Gasteiger partial charge is 0.0622 e. The minimum absolute atomic E-state index is 0.552. The van der Waals surface area contributed by atoms with Crippen molar-refractivity contribution < 1.29 is 4.21 Å². The van der Waals surface area contributed by atoms with Crippen molar-refractivity contribution in [3.8, 4) is 6.07 Å². The molecule has 80 valence electrons. The Morgan fingerprint density at radius 1 is 1.29 bits per heavy atom. The van der Waals surface area contributed by atoms with E-state index in [-0.39, 0.29) is 0 Å². The minimum atomic E-state index is -0.670. The summed E-state index contributed by atoms with van der Waals surface area (Å²) < 4.78 is 11.6. The third-order valence-electron chi connectivity index (χ3n) is 2.81. The summed E-state index contributed by atoms with van der Waals surface area (Å²) in [5.41, 5.74) is 0. The lowest BCUT2D eigenvalue weighted by molar-refractivity contribution is 0.388. The van der Waals surface area contributed by atoms with Crippen molar-refractivity contribution in [2.45, 2.75) is 44.9 Å². The molecule has 1 atom stereocenters. The van der Waals surface area contributed by atoms with Crippen molar-refractivity contribution in [1.29, 1.82) is 5.26 Å². The van der Waals surface area contributed by atoms with Crippen LogP contribution in [0.3, 0.4) is 0 Å². The van der Waals surface area contributed by atoms with Gasteiger partial charge in [0, 0.05) is 28.7 Å². The highest BCUT2D eigenvalue weighted by molar-refractivity contribution is 7.84. The Bertz CT molecular complexity index is 216. The van der Waals surface area contributed by atoms with Gasteiger partial charge < -0.3 is 0 Å². The minimum Gasteiger partial charge on any atom is -0.260 e. The van der Waals surface area contributed by atoms with Crippen molar-refractivity contribution >= 4 is 10.8 Å². The van der Waals surface area contributed by atoms with Crippen LogP contribution in [0, 0.1) is 17.2 Å². The van der Waals surface area contributed by atoms with Gasteiger partial charge in [0.05, 0.1) is 6.07 Å². The molecule has 1 saturated carbocycles. The van der Waals surface area contributed by atoms with Crippen LogP contribution in [-0.2, 0) is 10.8 Å². The standard InChI is InChI=1S/C11H19NOS/c12-8-4-5-9-14(13)10-11-6-2-1-3-7-11/h11H,1-7,9-10H2/t14-/m0/s1. The number of hydrogen-bond acceptors (Lipinski definition) is 2. The molecule has 1 aliphatic rings. The summed E-state index contributed by atoms with van der Waals surface area (Å²) >= 11 is 0. The van der Waals surface area contributed by atoms with Crippen molar-refractivity contribution in [2.24, 2.45) is 5.92 Å². The fourth-order valence-corrected chi connectivity index (χ4v) is 3.50. The third-order valence-corrected chi connectivity index (χ3v) is 4.39. The fraction of sp³-hybridized carbons (Fsp3) is 0.909. The molecule has 0 aromatic carbocycles. The van der Waals surface area contributed by atoms with Crippen molar-refractivity contribution in [3.05, 3.63) is 0 Å². The van der Waals surface area contributed by atoms with E-state index >= 15 is 0 Å². The van der Waals surface area contributed by atoms with Gasteiger partial charge in [0.2, 0.25) is 0 Å². The molecular weight excluding hydrogens is 194 g/mol. The van der Waals surface area contributed by atoms with E-state index in [0.29, 0.717) is 12.3 Å². The molecule has 3 heteroatoms. The maximum atomic E-state index is 11.6. The van der Waals surface area contributed by atoms with Crippen LogP contribution in [-0.4, -0.2) is 15.7 Å². The molecule has 0 bridgehead atoms. The summed E-state index contributed by atoms with van der Waals surface area (Å²) in [5, 5.41) is 8.35. The van der Waals surface area contributed by atoms with E-state index in [1.54, 1.807) is 0 Å². The second-order valence-electron chi connectivity index (χ2n) is 4.08. The average molecular weight is 213 g/mol. The van der Waals surface area contributed by atoms with Crippen LogP contribution < -0.4 is 0 Å². The highest BCUT2D eigenvalue weighted by Crippen LogP contribution is 2.24. The average Bonchev–Trinajstić information content (AvgIpc) is 2.20. The van der Waals surface area contributed by atoms with Gasteiger partial charge >= 0.3 is 0 Å². The number of rotatable bonds is 5. The van der Waals surface area contributed by atoms with E-state index in [4.69, 9.17) is 5.26 Å². The van der Waals surface area contributed by atoms with Gasteiger partial charge in [0.25, 0.3) is 0 Å². The summed E-state index contributed by atoms with van der Waals surface area (Å²) in [4.78, 5) is 0. The van der Waals surface area contributed by atoms with Crippen LogP contribution in [0.4, 0.5) is 0 Å². The Kier molecular flexibility index (Phi) is 5.86. The maximum Gasteiger partial charge on any atom is 0.0622 e. The summed E-state index contributed by atoms with van der Waals surface area (Å²) in [6.07, 6.45) is 7.89. The van der Waals surface area contributed by atoms with Crippen molar-refractivity contribution in [2.75, 3.05) is 11.5 Å². The predicted molar refractivity (Wildman–Crippen MR) is 59.3 cm³/mol. The van der Waals surface area contributed by atoms with Gasteiger partial charge in [-0.25, -0.2) is 0 Å². The Balaban J connectivity index is 2.10. The topological polar surface area (TPSA) is 40.9 Å². The molecule has 0 saturated heterocycles. The quantitative estimate of drug-likeness (QED) is 0.659. The Hall–Kier alpha value is -0.360. The zero-order valence-corrected chi connectivity index (χ0v) is 9.52. The van der Waals surface area contributed by atoms with E-state index in [1.807, 2.05) is 0 Å². The lowest BCUT2D eigenvalue weighted by Gasteiger charge is -2.20. The van der Waals surface area contributed by atoms with Gasteiger partial charge in [0.15, 0.2) is 0 Å². The number of nitrogens with zero attached hydrogens (tertiary/aromatic N) is 1. The lowest BCUT2D eigenvalue weighted by atomic mass is 9.91. The molecule has 1 rings (SSSR count). The molecule has 0 radical (unpaired) electrons. The first kappa shape index (κ1) is 11.7. The summed E-state index contributed by atoms with van der Waals surface area (Å²) in [6.45, 7) is 0. The molecule has 0 heterocycles. The van der Waals surface area contributed by atoms with Crippen LogP contribution in [0.15, 0.2) is 0 Å². The predicted octanol–water partition coefficient (Wildman–Crippen LogP) is 2.62. The maximum absolute atomic E-state index is 11.6. The number of unbranched alkanes of at least 4 members (excludes halogenated alkanes) is 1. The molecule has 0 spiro atoms. The van der Waals surface area contributed by atoms with Crippen LogP contribution in [0.25, 0.3) is 0 Å². The van der Waals surface area contributed by atoms with E-state index in [2.05, 4.69) is 6.07 Å². The van der Waals surface area contributed by atoms with E-state index in [1.165, 1.54) is 32.1 Å². The van der Waals surface area contributed by atoms with Gasteiger partial charge in [-0.2, -0.15) is 5.26 Å². The molecule has 1 aliphatic carbocycles.